The third-order valence-corrected chi connectivity index (χ3v) is 3.52. The molecule has 0 N–H and O–H groups in total. The molecule has 0 amide bonds. The van der Waals surface area contributed by atoms with Gasteiger partial charge in [-0.15, -0.1) is 0 Å². The van der Waals surface area contributed by atoms with Crippen LogP contribution >= 0.6 is 0 Å². The third-order valence-electron chi connectivity index (χ3n) is 3.52. The third kappa shape index (κ3) is 3.09. The Hall–Kier alpha value is -2.82. The van der Waals surface area contributed by atoms with Crippen molar-refractivity contribution in [1.82, 2.24) is 5.16 Å². The van der Waals surface area contributed by atoms with Gasteiger partial charge in [-0.1, -0.05) is 42.5 Å². The topological polar surface area (TPSA) is 65.5 Å². The highest BCUT2D eigenvalue weighted by atomic mass is 16.6. The summed E-state index contributed by atoms with van der Waals surface area (Å²) in [6.07, 6.45) is 0.447. The summed E-state index contributed by atoms with van der Waals surface area (Å²) in [5, 5.41) is 3.66. The van der Waals surface area contributed by atoms with E-state index in [2.05, 4.69) is 9.68 Å². The Labute approximate surface area is 127 Å². The molecule has 0 saturated carbocycles. The molecule has 3 rings (SSSR count). The van der Waals surface area contributed by atoms with Gasteiger partial charge >= 0.3 is 5.82 Å². The summed E-state index contributed by atoms with van der Waals surface area (Å²) in [4.78, 5) is 11.0. The number of hydrogen-bond acceptors (Lipinski definition) is 5. The van der Waals surface area contributed by atoms with Gasteiger partial charge in [0.1, 0.15) is 5.75 Å². The van der Waals surface area contributed by atoms with Gasteiger partial charge in [0.25, 0.3) is 0 Å². The zero-order chi connectivity index (χ0) is 15.4. The number of benzene rings is 2. The maximum Gasteiger partial charge on any atom is 0.542 e. The second-order valence-electron chi connectivity index (χ2n) is 4.87. The second-order valence-corrected chi connectivity index (χ2v) is 4.87. The first-order valence-electron chi connectivity index (χ1n) is 6.91. The zero-order valence-electron chi connectivity index (χ0n) is 12.1. The summed E-state index contributed by atoms with van der Waals surface area (Å²) < 4.78 is 14.6. The van der Waals surface area contributed by atoms with E-state index in [0.717, 1.165) is 16.9 Å². The van der Waals surface area contributed by atoms with Crippen LogP contribution in [0.25, 0.3) is 0 Å². The van der Waals surface area contributed by atoms with E-state index in [4.69, 9.17) is 9.15 Å². The number of hydrogen-bond donors (Lipinski definition) is 0. The van der Waals surface area contributed by atoms with E-state index in [1.165, 1.54) is 0 Å². The van der Waals surface area contributed by atoms with Crippen LogP contribution in [-0.4, -0.2) is 12.3 Å². The lowest BCUT2D eigenvalue weighted by Crippen LogP contribution is -2.05. The Morgan fingerprint density at radius 1 is 1.05 bits per heavy atom. The first-order chi connectivity index (χ1) is 10.8. The van der Waals surface area contributed by atoms with E-state index < -0.39 is 5.82 Å². The molecule has 0 saturated heterocycles. The van der Waals surface area contributed by atoms with Crippen molar-refractivity contribution in [2.75, 3.05) is 7.11 Å². The Kier molecular flexibility index (Phi) is 4.05. The molecule has 112 valence electrons. The summed E-state index contributed by atoms with van der Waals surface area (Å²) in [5.74, 6) is 0.315. The molecular weight excluding hydrogens is 282 g/mol. The Morgan fingerprint density at radius 2 is 1.73 bits per heavy atom. The Balaban J connectivity index is 1.96. The summed E-state index contributed by atoms with van der Waals surface area (Å²) in [6, 6.07) is 17.8. The van der Waals surface area contributed by atoms with Gasteiger partial charge in [0, 0.05) is 12.3 Å². The van der Waals surface area contributed by atoms with E-state index in [1.54, 1.807) is 7.11 Å². The minimum absolute atomic E-state index is 0.0142. The van der Waals surface area contributed by atoms with Gasteiger partial charge in [-0.25, -0.2) is 4.79 Å². The number of aromatic nitrogens is 1. The SMILES string of the molecule is COc1ccc(C(Cc2noc(=O)o2)c2ccccc2)cc1. The minimum atomic E-state index is -0.781. The highest BCUT2D eigenvalue weighted by molar-refractivity contribution is 5.36. The fraction of sp³-hybridized carbons (Fsp3) is 0.176. The standard InChI is InChI=1S/C17H15NO4/c1-20-14-9-7-13(8-10-14)15(12-5-3-2-4-6-12)11-16-18-22-17(19)21-16/h2-10,15H,11H2,1H3. The van der Waals surface area contributed by atoms with Crippen LogP contribution in [0.15, 0.2) is 68.3 Å². The van der Waals surface area contributed by atoms with Gasteiger partial charge in [0.05, 0.1) is 7.11 Å². The molecule has 0 aliphatic heterocycles. The largest absolute Gasteiger partial charge is 0.542 e. The van der Waals surface area contributed by atoms with E-state index in [9.17, 15) is 4.79 Å². The van der Waals surface area contributed by atoms with E-state index >= 15 is 0 Å². The van der Waals surface area contributed by atoms with Crippen LogP contribution in [0.2, 0.25) is 0 Å². The fourth-order valence-corrected chi connectivity index (χ4v) is 2.42. The summed E-state index contributed by atoms with van der Waals surface area (Å²) in [5.41, 5.74) is 2.19. The lowest BCUT2D eigenvalue weighted by atomic mass is 9.88. The Bertz CT molecular complexity index is 774. The van der Waals surface area contributed by atoms with E-state index in [-0.39, 0.29) is 11.8 Å². The molecule has 1 atom stereocenters. The van der Waals surface area contributed by atoms with Gasteiger partial charge in [-0.3, -0.25) is 4.52 Å². The average molecular weight is 297 g/mol. The Morgan fingerprint density at radius 3 is 2.32 bits per heavy atom. The average Bonchev–Trinajstić information content (AvgIpc) is 2.99. The van der Waals surface area contributed by atoms with Crippen LogP contribution < -0.4 is 10.6 Å². The van der Waals surface area contributed by atoms with Gasteiger partial charge in [-0.2, -0.15) is 0 Å². The number of ether oxygens (including phenoxy) is 1. The molecule has 5 heteroatoms. The van der Waals surface area contributed by atoms with Crippen molar-refractivity contribution in [2.45, 2.75) is 12.3 Å². The van der Waals surface area contributed by atoms with Crippen molar-refractivity contribution in [3.8, 4) is 5.75 Å². The van der Waals surface area contributed by atoms with E-state index in [1.807, 2.05) is 54.6 Å². The molecule has 0 fully saturated rings. The molecule has 1 heterocycles. The monoisotopic (exact) mass is 297 g/mol. The van der Waals surface area contributed by atoms with Crippen molar-refractivity contribution in [2.24, 2.45) is 0 Å². The molecule has 2 aromatic carbocycles. The quantitative estimate of drug-likeness (QED) is 0.724. The molecule has 0 radical (unpaired) electrons. The van der Waals surface area contributed by atoms with Crippen LogP contribution in [0.3, 0.4) is 0 Å². The highest BCUT2D eigenvalue weighted by Crippen LogP contribution is 2.29. The zero-order valence-corrected chi connectivity index (χ0v) is 12.1. The van der Waals surface area contributed by atoms with Crippen molar-refractivity contribution in [3.05, 3.63) is 82.2 Å². The van der Waals surface area contributed by atoms with Crippen molar-refractivity contribution >= 4 is 0 Å². The highest BCUT2D eigenvalue weighted by Gasteiger charge is 2.18. The maximum atomic E-state index is 11.0. The molecule has 0 spiro atoms. The molecule has 0 aliphatic rings. The number of nitrogens with zero attached hydrogens (tertiary/aromatic N) is 1. The predicted octanol–water partition coefficient (Wildman–Crippen LogP) is 3.01. The van der Waals surface area contributed by atoms with Gasteiger partial charge in [-0.05, 0) is 28.4 Å². The lowest BCUT2D eigenvalue weighted by molar-refractivity contribution is 0.334. The molecule has 1 aromatic heterocycles. The molecule has 1 unspecified atom stereocenters. The van der Waals surface area contributed by atoms with Crippen molar-refractivity contribution in [3.63, 3.8) is 0 Å². The van der Waals surface area contributed by atoms with Crippen LogP contribution in [0.5, 0.6) is 5.75 Å². The van der Waals surface area contributed by atoms with Gasteiger partial charge in [0.2, 0.25) is 5.89 Å². The van der Waals surface area contributed by atoms with Gasteiger partial charge in [0.15, 0.2) is 0 Å². The minimum Gasteiger partial charge on any atom is -0.497 e. The molecule has 22 heavy (non-hydrogen) atoms. The van der Waals surface area contributed by atoms with Gasteiger partial charge < -0.3 is 9.15 Å². The van der Waals surface area contributed by atoms with Crippen LogP contribution in [0.1, 0.15) is 22.9 Å². The molecule has 0 aliphatic carbocycles. The van der Waals surface area contributed by atoms with Crippen LogP contribution in [0.4, 0.5) is 0 Å². The van der Waals surface area contributed by atoms with E-state index in [0.29, 0.717) is 6.42 Å². The summed E-state index contributed by atoms with van der Waals surface area (Å²) in [6.45, 7) is 0. The van der Waals surface area contributed by atoms with Crippen LogP contribution in [0, 0.1) is 0 Å². The van der Waals surface area contributed by atoms with Crippen LogP contribution in [-0.2, 0) is 6.42 Å². The number of methoxy groups -OCH3 is 1. The molecular formula is C17H15NO4. The smallest absolute Gasteiger partial charge is 0.497 e. The summed E-state index contributed by atoms with van der Waals surface area (Å²) >= 11 is 0. The van der Waals surface area contributed by atoms with Crippen molar-refractivity contribution < 1.29 is 13.7 Å². The lowest BCUT2D eigenvalue weighted by Gasteiger charge is -2.16. The second kappa shape index (κ2) is 6.30. The van der Waals surface area contributed by atoms with Crippen molar-refractivity contribution in [1.29, 1.82) is 0 Å². The predicted molar refractivity (Wildman–Crippen MR) is 80.0 cm³/mol. The number of rotatable bonds is 5. The summed E-state index contributed by atoms with van der Waals surface area (Å²) in [7, 11) is 1.63. The fourth-order valence-electron chi connectivity index (χ4n) is 2.42. The maximum absolute atomic E-state index is 11.0. The first kappa shape index (κ1) is 14.1. The normalized spacial score (nSPS) is 12.0. The molecule has 0 bridgehead atoms. The first-order valence-corrected chi connectivity index (χ1v) is 6.91. The molecule has 3 aromatic rings. The molecule has 5 nitrogen and oxygen atoms in total.